The lowest BCUT2D eigenvalue weighted by molar-refractivity contribution is 0.0902. The number of anilines is 1. The van der Waals surface area contributed by atoms with Gasteiger partial charge in [-0.1, -0.05) is 19.8 Å². The maximum Gasteiger partial charge on any atom is 0.271 e. The van der Waals surface area contributed by atoms with Crippen LogP contribution in [0.4, 0.5) is 5.82 Å². The Hall–Kier alpha value is -1.65. The highest BCUT2D eigenvalue weighted by Gasteiger charge is 2.30. The second-order valence-corrected chi connectivity index (χ2v) is 5.44. The maximum atomic E-state index is 12.1. The molecule has 0 atom stereocenters. The third kappa shape index (κ3) is 3.66. The summed E-state index contributed by atoms with van der Waals surface area (Å²) in [5.74, 6) is 0.587. The van der Waals surface area contributed by atoms with Gasteiger partial charge in [-0.05, 0) is 26.2 Å². The minimum Gasteiger partial charge on any atom is -0.369 e. The highest BCUT2D eigenvalue weighted by atomic mass is 16.2. The lowest BCUT2D eigenvalue weighted by Gasteiger charge is -2.24. The van der Waals surface area contributed by atoms with Gasteiger partial charge in [-0.3, -0.25) is 4.79 Å². The third-order valence-corrected chi connectivity index (χ3v) is 3.56. The summed E-state index contributed by atoms with van der Waals surface area (Å²) in [5.41, 5.74) is 0.313. The van der Waals surface area contributed by atoms with Crippen LogP contribution in [0.25, 0.3) is 0 Å². The Kier molecular flexibility index (Phi) is 4.35. The van der Waals surface area contributed by atoms with Crippen LogP contribution in [0.15, 0.2) is 12.4 Å². The van der Waals surface area contributed by atoms with Crippen LogP contribution in [0.2, 0.25) is 0 Å². The predicted molar refractivity (Wildman–Crippen MR) is 75.2 cm³/mol. The summed E-state index contributed by atoms with van der Waals surface area (Å²) in [6.45, 7) is 5.05. The Morgan fingerprint density at radius 1 is 1.32 bits per heavy atom. The number of hydrogen-bond donors (Lipinski definition) is 2. The molecule has 1 saturated carbocycles. The summed E-state index contributed by atoms with van der Waals surface area (Å²) in [5, 5.41) is 6.21. The molecule has 2 rings (SSSR count). The highest BCUT2D eigenvalue weighted by Crippen LogP contribution is 2.29. The van der Waals surface area contributed by atoms with Gasteiger partial charge in [0, 0.05) is 12.1 Å². The van der Waals surface area contributed by atoms with Crippen LogP contribution in [0.5, 0.6) is 0 Å². The zero-order valence-electron chi connectivity index (χ0n) is 11.7. The largest absolute Gasteiger partial charge is 0.369 e. The van der Waals surface area contributed by atoms with Crippen LogP contribution in [-0.4, -0.2) is 28.0 Å². The fourth-order valence-electron chi connectivity index (χ4n) is 2.41. The predicted octanol–water partition coefficient (Wildman–Crippen LogP) is 2.36. The molecule has 2 N–H and O–H groups in total. The smallest absolute Gasteiger partial charge is 0.271 e. The Morgan fingerprint density at radius 3 is 2.63 bits per heavy atom. The van der Waals surface area contributed by atoms with Gasteiger partial charge < -0.3 is 10.6 Å². The van der Waals surface area contributed by atoms with Crippen molar-refractivity contribution in [2.45, 2.75) is 51.5 Å². The number of aromatic nitrogens is 2. The fourth-order valence-corrected chi connectivity index (χ4v) is 2.41. The highest BCUT2D eigenvalue weighted by molar-refractivity contribution is 5.92. The quantitative estimate of drug-likeness (QED) is 0.855. The molecule has 0 saturated heterocycles. The van der Waals surface area contributed by atoms with Gasteiger partial charge >= 0.3 is 0 Å². The second kappa shape index (κ2) is 5.99. The van der Waals surface area contributed by atoms with Gasteiger partial charge in [-0.25, -0.2) is 9.97 Å². The third-order valence-electron chi connectivity index (χ3n) is 3.56. The van der Waals surface area contributed by atoms with E-state index in [2.05, 4.69) is 34.4 Å². The van der Waals surface area contributed by atoms with E-state index >= 15 is 0 Å². The van der Waals surface area contributed by atoms with Crippen molar-refractivity contribution in [2.24, 2.45) is 0 Å². The summed E-state index contributed by atoms with van der Waals surface area (Å²) < 4.78 is 0. The minimum atomic E-state index is -0.126. The topological polar surface area (TPSA) is 66.9 Å². The normalized spacial score (nSPS) is 17.2. The number of carbonyl (C=O) groups is 1. The Bertz CT molecular complexity index is 424. The molecule has 1 heterocycles. The van der Waals surface area contributed by atoms with Crippen LogP contribution < -0.4 is 10.6 Å². The van der Waals surface area contributed by atoms with Crippen LogP contribution in [0, 0.1) is 0 Å². The van der Waals surface area contributed by atoms with Crippen LogP contribution in [-0.2, 0) is 0 Å². The maximum absolute atomic E-state index is 12.1. The van der Waals surface area contributed by atoms with E-state index < -0.39 is 0 Å². The zero-order chi connectivity index (χ0) is 13.7. The first kappa shape index (κ1) is 13.8. The molecule has 1 fully saturated rings. The molecule has 5 heteroatoms. The van der Waals surface area contributed by atoms with Gasteiger partial charge in [0.2, 0.25) is 0 Å². The molecule has 0 aliphatic heterocycles. The average molecular weight is 262 g/mol. The SMILES string of the molecule is CCCNc1cnc(C(=O)NC2(C)CCCC2)cn1. The lowest BCUT2D eigenvalue weighted by Crippen LogP contribution is -2.43. The molecule has 0 radical (unpaired) electrons. The van der Waals surface area contributed by atoms with Crippen LogP contribution in [0.3, 0.4) is 0 Å². The van der Waals surface area contributed by atoms with Gasteiger partial charge in [0.1, 0.15) is 11.5 Å². The molecule has 0 bridgehead atoms. The molecule has 0 spiro atoms. The molecule has 1 aromatic heterocycles. The van der Waals surface area contributed by atoms with E-state index in [4.69, 9.17) is 0 Å². The fraction of sp³-hybridized carbons (Fsp3) is 0.643. The van der Waals surface area contributed by atoms with Crippen molar-refractivity contribution in [1.29, 1.82) is 0 Å². The van der Waals surface area contributed by atoms with Crippen molar-refractivity contribution in [2.75, 3.05) is 11.9 Å². The first-order valence-electron chi connectivity index (χ1n) is 7.01. The molecule has 1 aliphatic carbocycles. The number of rotatable bonds is 5. The molecule has 5 nitrogen and oxygen atoms in total. The van der Waals surface area contributed by atoms with E-state index in [-0.39, 0.29) is 11.4 Å². The van der Waals surface area contributed by atoms with Crippen LogP contribution in [0.1, 0.15) is 56.4 Å². The molecule has 1 amide bonds. The first-order chi connectivity index (χ1) is 9.13. The molecular formula is C14H22N4O. The van der Waals surface area contributed by atoms with Gasteiger partial charge in [0.25, 0.3) is 5.91 Å². The van der Waals surface area contributed by atoms with E-state index in [9.17, 15) is 4.79 Å². The Labute approximate surface area is 114 Å². The van der Waals surface area contributed by atoms with E-state index in [1.165, 1.54) is 19.0 Å². The standard InChI is InChI=1S/C14H22N4O/c1-3-8-15-12-10-16-11(9-17-12)13(19)18-14(2)6-4-5-7-14/h9-10H,3-8H2,1-2H3,(H,15,17)(H,18,19). The monoisotopic (exact) mass is 262 g/mol. The second-order valence-electron chi connectivity index (χ2n) is 5.44. The molecule has 19 heavy (non-hydrogen) atoms. The number of amides is 1. The average Bonchev–Trinajstić information content (AvgIpc) is 2.83. The first-order valence-corrected chi connectivity index (χ1v) is 7.01. The Morgan fingerprint density at radius 2 is 2.05 bits per heavy atom. The van der Waals surface area contributed by atoms with Crippen molar-refractivity contribution < 1.29 is 4.79 Å². The number of carbonyl (C=O) groups excluding carboxylic acids is 1. The summed E-state index contributed by atoms with van der Waals surface area (Å²) in [6, 6.07) is 0. The van der Waals surface area contributed by atoms with Crippen molar-refractivity contribution >= 4 is 11.7 Å². The lowest BCUT2D eigenvalue weighted by atomic mass is 10.0. The van der Waals surface area contributed by atoms with E-state index in [1.807, 2.05) is 0 Å². The number of nitrogens with zero attached hydrogens (tertiary/aromatic N) is 2. The van der Waals surface area contributed by atoms with E-state index in [0.717, 1.165) is 25.8 Å². The number of nitrogens with one attached hydrogen (secondary N) is 2. The van der Waals surface area contributed by atoms with Gasteiger partial charge in [0.05, 0.1) is 12.4 Å². The van der Waals surface area contributed by atoms with Crippen molar-refractivity contribution in [3.05, 3.63) is 18.1 Å². The van der Waals surface area contributed by atoms with Crippen molar-refractivity contribution in [3.8, 4) is 0 Å². The van der Waals surface area contributed by atoms with E-state index in [1.54, 1.807) is 6.20 Å². The summed E-state index contributed by atoms with van der Waals surface area (Å²) >= 11 is 0. The summed E-state index contributed by atoms with van der Waals surface area (Å²) in [6.07, 6.45) is 8.63. The van der Waals surface area contributed by atoms with E-state index in [0.29, 0.717) is 11.5 Å². The summed E-state index contributed by atoms with van der Waals surface area (Å²) in [4.78, 5) is 20.5. The molecule has 0 unspecified atom stereocenters. The van der Waals surface area contributed by atoms with Crippen LogP contribution >= 0.6 is 0 Å². The molecule has 104 valence electrons. The van der Waals surface area contributed by atoms with Gasteiger partial charge in [0.15, 0.2) is 0 Å². The zero-order valence-corrected chi connectivity index (χ0v) is 11.7. The molecular weight excluding hydrogens is 240 g/mol. The Balaban J connectivity index is 1.95. The van der Waals surface area contributed by atoms with Crippen molar-refractivity contribution in [1.82, 2.24) is 15.3 Å². The molecule has 1 aliphatic rings. The number of hydrogen-bond acceptors (Lipinski definition) is 4. The molecule has 0 aromatic carbocycles. The van der Waals surface area contributed by atoms with Gasteiger partial charge in [-0.15, -0.1) is 0 Å². The van der Waals surface area contributed by atoms with Gasteiger partial charge in [-0.2, -0.15) is 0 Å². The minimum absolute atomic E-state index is 0.0715. The summed E-state index contributed by atoms with van der Waals surface area (Å²) in [7, 11) is 0. The molecule has 1 aromatic rings. The van der Waals surface area contributed by atoms with Crippen molar-refractivity contribution in [3.63, 3.8) is 0 Å².